The van der Waals surface area contributed by atoms with Crippen molar-refractivity contribution in [1.29, 1.82) is 0 Å². The summed E-state index contributed by atoms with van der Waals surface area (Å²) in [5.41, 5.74) is 1.33. The topological polar surface area (TPSA) is 60.9 Å². The molecular weight excluding hydrogens is 374 g/mol. The molecule has 6 nitrogen and oxygen atoms in total. The Hall–Kier alpha value is -1.60. The lowest BCUT2D eigenvalue weighted by Crippen LogP contribution is -2.36. The third-order valence-corrected chi connectivity index (χ3v) is 7.62. The van der Waals surface area contributed by atoms with Crippen molar-refractivity contribution in [3.63, 3.8) is 0 Å². The molecule has 0 unspecified atom stereocenters. The van der Waals surface area contributed by atoms with Crippen LogP contribution in [0.3, 0.4) is 0 Å². The van der Waals surface area contributed by atoms with E-state index >= 15 is 0 Å². The highest BCUT2D eigenvalue weighted by molar-refractivity contribution is 7.89. The number of amides is 1. The van der Waals surface area contributed by atoms with Crippen molar-refractivity contribution >= 4 is 21.6 Å². The van der Waals surface area contributed by atoms with Crippen LogP contribution in [0.15, 0.2) is 23.1 Å². The summed E-state index contributed by atoms with van der Waals surface area (Å²) >= 11 is 0. The second kappa shape index (κ2) is 9.74. The SMILES string of the molecule is CCCN(C)C(=O)c1cc(S(=O)(=O)N(CC)CC)ccc1N1CCC(C)CC1. The summed E-state index contributed by atoms with van der Waals surface area (Å²) in [6.45, 7) is 11.2. The number of hydrogen-bond donors (Lipinski definition) is 0. The van der Waals surface area contributed by atoms with Crippen molar-refractivity contribution in [2.24, 2.45) is 5.92 Å². The lowest BCUT2D eigenvalue weighted by molar-refractivity contribution is 0.0795. The zero-order valence-electron chi connectivity index (χ0n) is 17.9. The lowest BCUT2D eigenvalue weighted by Gasteiger charge is -2.34. The number of anilines is 1. The number of piperidine rings is 1. The maximum absolute atomic E-state index is 13.1. The van der Waals surface area contributed by atoms with Gasteiger partial charge in [0, 0.05) is 45.5 Å². The zero-order valence-corrected chi connectivity index (χ0v) is 18.8. The second-order valence-corrected chi connectivity index (χ2v) is 9.60. The van der Waals surface area contributed by atoms with Gasteiger partial charge in [0.2, 0.25) is 10.0 Å². The molecule has 0 N–H and O–H groups in total. The Morgan fingerprint density at radius 1 is 1.14 bits per heavy atom. The normalized spacial score (nSPS) is 15.9. The van der Waals surface area contributed by atoms with Crippen molar-refractivity contribution in [2.45, 2.75) is 51.9 Å². The second-order valence-electron chi connectivity index (χ2n) is 7.66. The van der Waals surface area contributed by atoms with Gasteiger partial charge in [-0.3, -0.25) is 4.79 Å². The molecule has 0 spiro atoms. The number of sulfonamides is 1. The number of carbonyl (C=O) groups excluding carboxylic acids is 1. The van der Waals surface area contributed by atoms with Gasteiger partial charge in [0.1, 0.15) is 0 Å². The van der Waals surface area contributed by atoms with E-state index in [-0.39, 0.29) is 10.8 Å². The smallest absolute Gasteiger partial charge is 0.255 e. The highest BCUT2D eigenvalue weighted by Crippen LogP contribution is 2.30. The number of nitrogens with zero attached hydrogens (tertiary/aromatic N) is 3. The minimum Gasteiger partial charge on any atom is -0.371 e. The molecule has 1 saturated heterocycles. The molecule has 1 aromatic carbocycles. The van der Waals surface area contributed by atoms with Crippen LogP contribution in [0.1, 0.15) is 57.3 Å². The molecule has 7 heteroatoms. The molecule has 1 aliphatic heterocycles. The van der Waals surface area contributed by atoms with Gasteiger partial charge in [-0.1, -0.05) is 27.7 Å². The molecule has 2 rings (SSSR count). The molecule has 1 aromatic rings. The van der Waals surface area contributed by atoms with E-state index in [1.54, 1.807) is 24.1 Å². The van der Waals surface area contributed by atoms with Crippen LogP contribution in [-0.4, -0.2) is 63.3 Å². The Bertz CT molecular complexity index is 767. The Labute approximate surface area is 170 Å². The fraction of sp³-hybridized carbons (Fsp3) is 0.667. The molecule has 158 valence electrons. The van der Waals surface area contributed by atoms with Gasteiger partial charge in [-0.2, -0.15) is 4.31 Å². The molecular formula is C21H35N3O3S. The van der Waals surface area contributed by atoms with Crippen LogP contribution in [0, 0.1) is 5.92 Å². The van der Waals surface area contributed by atoms with E-state index in [1.165, 1.54) is 4.31 Å². The Balaban J connectivity index is 2.50. The van der Waals surface area contributed by atoms with Crippen LogP contribution in [0.5, 0.6) is 0 Å². The number of carbonyl (C=O) groups is 1. The first-order valence-corrected chi connectivity index (χ1v) is 11.8. The Morgan fingerprint density at radius 2 is 1.75 bits per heavy atom. The Kier molecular flexibility index (Phi) is 7.89. The summed E-state index contributed by atoms with van der Waals surface area (Å²) in [6, 6.07) is 5.05. The van der Waals surface area contributed by atoms with Gasteiger partial charge in [0.25, 0.3) is 5.91 Å². The quantitative estimate of drug-likeness (QED) is 0.660. The molecule has 1 aliphatic rings. The fourth-order valence-corrected chi connectivity index (χ4v) is 5.21. The van der Waals surface area contributed by atoms with Crippen LogP contribution in [-0.2, 0) is 10.0 Å². The summed E-state index contributed by atoms with van der Waals surface area (Å²) in [5.74, 6) is 0.563. The number of benzene rings is 1. The van der Waals surface area contributed by atoms with Gasteiger partial charge < -0.3 is 9.80 Å². The first-order valence-electron chi connectivity index (χ1n) is 10.4. The Morgan fingerprint density at radius 3 is 2.29 bits per heavy atom. The number of rotatable bonds is 8. The predicted octanol–water partition coefficient (Wildman–Crippen LogP) is 3.44. The van der Waals surface area contributed by atoms with Crippen LogP contribution in [0.2, 0.25) is 0 Å². The van der Waals surface area contributed by atoms with Crippen LogP contribution < -0.4 is 4.90 Å². The molecule has 1 heterocycles. The third kappa shape index (κ3) is 4.87. The maximum atomic E-state index is 13.1. The van der Waals surface area contributed by atoms with Crippen LogP contribution in [0.25, 0.3) is 0 Å². The summed E-state index contributed by atoms with van der Waals surface area (Å²) in [7, 11) is -1.83. The van der Waals surface area contributed by atoms with Gasteiger partial charge in [0.15, 0.2) is 0 Å². The molecule has 0 radical (unpaired) electrons. The first-order chi connectivity index (χ1) is 13.3. The molecule has 1 amide bonds. The van der Waals surface area contributed by atoms with E-state index in [0.717, 1.165) is 38.0 Å². The average molecular weight is 410 g/mol. The average Bonchev–Trinajstić information content (AvgIpc) is 2.68. The van der Waals surface area contributed by atoms with Crippen molar-refractivity contribution < 1.29 is 13.2 Å². The van der Waals surface area contributed by atoms with Crippen molar-refractivity contribution in [3.05, 3.63) is 23.8 Å². The van der Waals surface area contributed by atoms with Gasteiger partial charge in [-0.15, -0.1) is 0 Å². The summed E-state index contributed by atoms with van der Waals surface area (Å²) in [4.78, 5) is 17.2. The van der Waals surface area contributed by atoms with Gasteiger partial charge in [-0.25, -0.2) is 8.42 Å². The predicted molar refractivity (Wildman–Crippen MR) is 114 cm³/mol. The minimum absolute atomic E-state index is 0.118. The summed E-state index contributed by atoms with van der Waals surface area (Å²) in [6.07, 6.45) is 3.02. The molecule has 1 fully saturated rings. The van der Waals surface area contributed by atoms with E-state index in [4.69, 9.17) is 0 Å². The molecule has 0 aliphatic carbocycles. The fourth-order valence-electron chi connectivity index (χ4n) is 3.73. The van der Waals surface area contributed by atoms with E-state index in [2.05, 4.69) is 11.8 Å². The van der Waals surface area contributed by atoms with Gasteiger partial charge in [-0.05, 0) is 43.4 Å². The van der Waals surface area contributed by atoms with Crippen LogP contribution in [0.4, 0.5) is 5.69 Å². The summed E-state index contributed by atoms with van der Waals surface area (Å²) < 4.78 is 27.4. The molecule has 0 atom stereocenters. The van der Waals surface area contributed by atoms with Crippen LogP contribution >= 0.6 is 0 Å². The van der Waals surface area contributed by atoms with E-state index in [1.807, 2.05) is 26.8 Å². The molecule has 0 aromatic heterocycles. The van der Waals surface area contributed by atoms with Crippen molar-refractivity contribution in [1.82, 2.24) is 9.21 Å². The van der Waals surface area contributed by atoms with Crippen molar-refractivity contribution in [3.8, 4) is 0 Å². The van der Waals surface area contributed by atoms with Gasteiger partial charge >= 0.3 is 0 Å². The summed E-state index contributed by atoms with van der Waals surface area (Å²) in [5, 5.41) is 0. The van der Waals surface area contributed by atoms with E-state index < -0.39 is 10.0 Å². The standard InChI is InChI=1S/C21H35N3O3S/c1-6-13-22(5)21(25)19-16-18(28(26,27)24(7-2)8-3)9-10-20(19)23-14-11-17(4)12-15-23/h9-10,16-17H,6-8,11-15H2,1-5H3. The maximum Gasteiger partial charge on any atom is 0.255 e. The van der Waals surface area contributed by atoms with E-state index in [9.17, 15) is 13.2 Å². The monoisotopic (exact) mass is 409 g/mol. The first kappa shape index (κ1) is 22.7. The molecule has 28 heavy (non-hydrogen) atoms. The molecule has 0 bridgehead atoms. The minimum atomic E-state index is -3.61. The van der Waals surface area contributed by atoms with Gasteiger partial charge in [0.05, 0.1) is 10.5 Å². The third-order valence-electron chi connectivity index (χ3n) is 5.57. The molecule has 0 saturated carbocycles. The highest BCUT2D eigenvalue weighted by Gasteiger charge is 2.27. The lowest BCUT2D eigenvalue weighted by atomic mass is 9.98. The zero-order chi connectivity index (χ0) is 20.9. The van der Waals surface area contributed by atoms with Crippen molar-refractivity contribution in [2.75, 3.05) is 44.7 Å². The largest absolute Gasteiger partial charge is 0.371 e. The van der Waals surface area contributed by atoms with E-state index in [0.29, 0.717) is 31.1 Å². The highest BCUT2D eigenvalue weighted by atomic mass is 32.2. The number of hydrogen-bond acceptors (Lipinski definition) is 4.